The smallest absolute Gasteiger partial charge is 0.285 e. The average molecular weight is 299 g/mol. The fourth-order valence-corrected chi connectivity index (χ4v) is 3.12. The van der Waals surface area contributed by atoms with Gasteiger partial charge < -0.3 is 4.74 Å². The number of hydrazine groups is 1. The van der Waals surface area contributed by atoms with Crippen LogP contribution in [0.3, 0.4) is 0 Å². The third-order valence-corrected chi connectivity index (χ3v) is 4.81. The van der Waals surface area contributed by atoms with Gasteiger partial charge in [0.25, 0.3) is 5.91 Å². The van der Waals surface area contributed by atoms with Crippen molar-refractivity contribution in [2.24, 2.45) is 5.84 Å². The van der Waals surface area contributed by atoms with Crippen molar-refractivity contribution in [1.82, 2.24) is 10.4 Å². The lowest BCUT2D eigenvalue weighted by Gasteiger charge is -2.16. The van der Waals surface area contributed by atoms with Gasteiger partial charge in [0.2, 0.25) is 0 Å². The molecule has 8 heteroatoms. The second kappa shape index (κ2) is 4.71. The molecule has 1 aliphatic heterocycles. The maximum Gasteiger partial charge on any atom is 0.285 e. The summed E-state index contributed by atoms with van der Waals surface area (Å²) in [5.74, 6) is 4.62. The van der Waals surface area contributed by atoms with Crippen LogP contribution >= 0.6 is 0 Å². The SMILES string of the molecule is CCS(=O)(=O)c1cc2c(nc1C(=O)NN)CC(C)(C)O2. The monoisotopic (exact) mass is 299 g/mol. The van der Waals surface area contributed by atoms with Crippen LogP contribution in [0.4, 0.5) is 0 Å². The molecular formula is C12H17N3O4S. The zero-order chi connectivity index (χ0) is 15.1. The molecule has 20 heavy (non-hydrogen) atoms. The quantitative estimate of drug-likeness (QED) is 0.468. The molecule has 1 aliphatic rings. The van der Waals surface area contributed by atoms with Crippen molar-refractivity contribution >= 4 is 15.7 Å². The average Bonchev–Trinajstić information content (AvgIpc) is 2.69. The number of rotatable bonds is 3. The number of fused-ring (bicyclic) bond motifs is 1. The van der Waals surface area contributed by atoms with Crippen LogP contribution in [0.5, 0.6) is 5.75 Å². The van der Waals surface area contributed by atoms with Crippen LogP contribution in [0.2, 0.25) is 0 Å². The van der Waals surface area contributed by atoms with Gasteiger partial charge in [-0.2, -0.15) is 0 Å². The van der Waals surface area contributed by atoms with E-state index in [1.54, 1.807) is 0 Å². The Kier molecular flexibility index (Phi) is 3.47. The Morgan fingerprint density at radius 1 is 1.55 bits per heavy atom. The first-order chi connectivity index (χ1) is 9.20. The summed E-state index contributed by atoms with van der Waals surface area (Å²) < 4.78 is 29.8. The van der Waals surface area contributed by atoms with Crippen LogP contribution in [0.25, 0.3) is 0 Å². The van der Waals surface area contributed by atoms with Gasteiger partial charge in [0.05, 0.1) is 11.4 Å². The molecule has 0 atom stereocenters. The number of nitrogens with zero attached hydrogens (tertiary/aromatic N) is 1. The number of amides is 1. The number of carbonyl (C=O) groups excluding carboxylic acids is 1. The number of carbonyl (C=O) groups is 1. The second-order valence-corrected chi connectivity index (χ2v) is 7.44. The van der Waals surface area contributed by atoms with E-state index >= 15 is 0 Å². The van der Waals surface area contributed by atoms with E-state index in [1.165, 1.54) is 13.0 Å². The Bertz CT molecular complexity index is 668. The molecule has 1 amide bonds. The normalized spacial score (nSPS) is 16.4. The summed E-state index contributed by atoms with van der Waals surface area (Å²) in [6, 6.07) is 1.36. The van der Waals surface area contributed by atoms with Crippen LogP contribution in [0.1, 0.15) is 37.0 Å². The maximum absolute atomic E-state index is 12.1. The molecule has 2 heterocycles. The minimum absolute atomic E-state index is 0.137. The van der Waals surface area contributed by atoms with Gasteiger partial charge in [-0.25, -0.2) is 19.2 Å². The Morgan fingerprint density at radius 3 is 2.75 bits per heavy atom. The van der Waals surface area contributed by atoms with Crippen LogP contribution in [0, 0.1) is 0 Å². The summed E-state index contributed by atoms with van der Waals surface area (Å²) in [5.41, 5.74) is 1.82. The third-order valence-electron chi connectivity index (χ3n) is 3.07. The van der Waals surface area contributed by atoms with E-state index in [2.05, 4.69) is 4.98 Å². The third kappa shape index (κ3) is 2.48. The Hall–Kier alpha value is -1.67. The zero-order valence-corrected chi connectivity index (χ0v) is 12.4. The molecule has 0 saturated carbocycles. The molecule has 3 N–H and O–H groups in total. The van der Waals surface area contributed by atoms with Crippen molar-refractivity contribution in [2.45, 2.75) is 37.7 Å². The Labute approximate surface area is 117 Å². The highest BCUT2D eigenvalue weighted by Gasteiger charge is 2.35. The van der Waals surface area contributed by atoms with Crippen molar-refractivity contribution < 1.29 is 17.9 Å². The highest BCUT2D eigenvalue weighted by molar-refractivity contribution is 7.91. The predicted octanol–water partition coefficient (Wildman–Crippen LogP) is 0.192. The van der Waals surface area contributed by atoms with Gasteiger partial charge >= 0.3 is 0 Å². The predicted molar refractivity (Wildman–Crippen MR) is 72.0 cm³/mol. The Morgan fingerprint density at radius 2 is 2.20 bits per heavy atom. The molecular weight excluding hydrogens is 282 g/mol. The van der Waals surface area contributed by atoms with Gasteiger partial charge in [-0.1, -0.05) is 6.92 Å². The fourth-order valence-electron chi connectivity index (χ4n) is 2.09. The molecule has 0 radical (unpaired) electrons. The van der Waals surface area contributed by atoms with Gasteiger partial charge in [0.15, 0.2) is 9.84 Å². The van der Waals surface area contributed by atoms with Gasteiger partial charge in [0.1, 0.15) is 21.9 Å². The maximum atomic E-state index is 12.1. The lowest BCUT2D eigenvalue weighted by Crippen LogP contribution is -2.32. The summed E-state index contributed by atoms with van der Waals surface area (Å²) in [6.07, 6.45) is 0.500. The van der Waals surface area contributed by atoms with E-state index in [1.807, 2.05) is 19.3 Å². The number of nitrogen functional groups attached to an aromatic ring is 1. The topological polar surface area (TPSA) is 111 Å². The number of ether oxygens (including phenoxy) is 1. The van der Waals surface area contributed by atoms with E-state index in [0.717, 1.165) is 0 Å². The summed E-state index contributed by atoms with van der Waals surface area (Å²) >= 11 is 0. The number of nitrogens with one attached hydrogen (secondary N) is 1. The van der Waals surface area contributed by atoms with Crippen molar-refractivity contribution in [3.05, 3.63) is 17.5 Å². The van der Waals surface area contributed by atoms with E-state index < -0.39 is 21.3 Å². The van der Waals surface area contributed by atoms with E-state index in [9.17, 15) is 13.2 Å². The lowest BCUT2D eigenvalue weighted by atomic mass is 10.1. The molecule has 7 nitrogen and oxygen atoms in total. The molecule has 0 spiro atoms. The molecule has 110 valence electrons. The Balaban J connectivity index is 2.66. The second-order valence-electron chi connectivity index (χ2n) is 5.20. The molecule has 1 aromatic rings. The number of pyridine rings is 1. The molecule has 0 unspecified atom stereocenters. The summed E-state index contributed by atoms with van der Waals surface area (Å²) in [7, 11) is -3.60. The lowest BCUT2D eigenvalue weighted by molar-refractivity contribution is 0.0945. The number of sulfone groups is 1. The van der Waals surface area contributed by atoms with Crippen LogP contribution < -0.4 is 16.0 Å². The minimum atomic E-state index is -3.60. The first kappa shape index (κ1) is 14.7. The van der Waals surface area contributed by atoms with Gasteiger partial charge in [-0.15, -0.1) is 0 Å². The standard InChI is InChI=1S/C12H17N3O4S/c1-4-20(17,18)9-5-8-7(6-12(2,3)19-8)14-10(9)11(16)15-13/h5H,4,6,13H2,1-3H3,(H,15,16). The van der Waals surface area contributed by atoms with E-state index in [-0.39, 0.29) is 16.3 Å². The summed E-state index contributed by atoms with van der Waals surface area (Å²) in [4.78, 5) is 15.7. The molecule has 0 aromatic carbocycles. The van der Waals surface area contributed by atoms with Gasteiger partial charge in [0, 0.05) is 12.5 Å². The van der Waals surface area contributed by atoms with E-state index in [0.29, 0.717) is 17.9 Å². The zero-order valence-electron chi connectivity index (χ0n) is 11.6. The van der Waals surface area contributed by atoms with Crippen LogP contribution in [-0.4, -0.2) is 30.7 Å². The van der Waals surface area contributed by atoms with Crippen molar-refractivity contribution in [2.75, 3.05) is 5.75 Å². The number of hydrogen-bond acceptors (Lipinski definition) is 6. The van der Waals surface area contributed by atoms with Gasteiger partial charge in [-0.3, -0.25) is 10.2 Å². The molecule has 0 bridgehead atoms. The van der Waals surface area contributed by atoms with Crippen molar-refractivity contribution in [3.63, 3.8) is 0 Å². The van der Waals surface area contributed by atoms with E-state index in [4.69, 9.17) is 10.6 Å². The molecule has 0 saturated heterocycles. The highest BCUT2D eigenvalue weighted by atomic mass is 32.2. The highest BCUT2D eigenvalue weighted by Crippen LogP contribution is 2.36. The summed E-state index contributed by atoms with van der Waals surface area (Å²) in [5, 5.41) is 0. The van der Waals surface area contributed by atoms with Crippen LogP contribution in [-0.2, 0) is 16.3 Å². The first-order valence-corrected chi connectivity index (χ1v) is 7.82. The largest absolute Gasteiger partial charge is 0.485 e. The minimum Gasteiger partial charge on any atom is -0.485 e. The van der Waals surface area contributed by atoms with Gasteiger partial charge in [-0.05, 0) is 13.8 Å². The van der Waals surface area contributed by atoms with Crippen molar-refractivity contribution in [3.8, 4) is 5.75 Å². The number of nitrogens with two attached hydrogens (primary N) is 1. The fraction of sp³-hybridized carbons (Fsp3) is 0.500. The molecule has 1 aromatic heterocycles. The number of aromatic nitrogens is 1. The molecule has 0 aliphatic carbocycles. The van der Waals surface area contributed by atoms with Crippen LogP contribution in [0.15, 0.2) is 11.0 Å². The number of hydrogen-bond donors (Lipinski definition) is 2. The molecule has 2 rings (SSSR count). The summed E-state index contributed by atoms with van der Waals surface area (Å²) in [6.45, 7) is 5.23. The van der Waals surface area contributed by atoms with Crippen molar-refractivity contribution in [1.29, 1.82) is 0 Å². The molecule has 0 fully saturated rings. The first-order valence-electron chi connectivity index (χ1n) is 6.17.